The number of benzene rings is 1. The number of hydrogen-bond donors (Lipinski definition) is 2. The molecule has 0 radical (unpaired) electrons. The van der Waals surface area contributed by atoms with Crippen LogP contribution in [0.25, 0.3) is 0 Å². The lowest BCUT2D eigenvalue weighted by Gasteiger charge is -2.17. The molecule has 5 nitrogen and oxygen atoms in total. The summed E-state index contributed by atoms with van der Waals surface area (Å²) in [5.41, 5.74) is 7.60. The van der Waals surface area contributed by atoms with Gasteiger partial charge >= 0.3 is 0 Å². The predicted octanol–water partition coefficient (Wildman–Crippen LogP) is 0.395. The molecular formula is C12H17N3O2. The van der Waals surface area contributed by atoms with E-state index < -0.39 is 0 Å². The first-order chi connectivity index (χ1) is 7.95. The second-order valence-electron chi connectivity index (χ2n) is 3.91. The molecule has 0 aliphatic carbocycles. The minimum absolute atomic E-state index is 0.0408. The third kappa shape index (κ3) is 3.21. The molecule has 0 atom stereocenters. The van der Waals surface area contributed by atoms with E-state index in [2.05, 4.69) is 5.32 Å². The number of carbonyl (C=O) groups excluding carboxylic acids is 2. The number of nitrogens with one attached hydrogen (secondary N) is 1. The van der Waals surface area contributed by atoms with Gasteiger partial charge in [0.2, 0.25) is 5.91 Å². The maximum atomic E-state index is 12.0. The zero-order valence-corrected chi connectivity index (χ0v) is 10.3. The highest BCUT2D eigenvalue weighted by Gasteiger charge is 2.15. The first-order valence-electron chi connectivity index (χ1n) is 5.28. The van der Waals surface area contributed by atoms with Crippen LogP contribution in [0.5, 0.6) is 0 Å². The van der Waals surface area contributed by atoms with Crippen LogP contribution in [0, 0.1) is 6.92 Å². The number of amides is 2. The fraction of sp³-hybridized carbons (Fsp3) is 0.333. The van der Waals surface area contributed by atoms with Crippen molar-refractivity contribution in [3.8, 4) is 0 Å². The number of likely N-dealkylation sites (N-methyl/N-ethyl adjacent to an activating group) is 2. The highest BCUT2D eigenvalue weighted by atomic mass is 16.2. The van der Waals surface area contributed by atoms with Crippen LogP contribution < -0.4 is 11.1 Å². The Labute approximate surface area is 101 Å². The molecular weight excluding hydrogens is 218 g/mol. The summed E-state index contributed by atoms with van der Waals surface area (Å²) in [6.07, 6.45) is 0. The van der Waals surface area contributed by atoms with E-state index in [1.807, 2.05) is 6.92 Å². The molecule has 0 saturated carbocycles. The van der Waals surface area contributed by atoms with Crippen molar-refractivity contribution < 1.29 is 9.59 Å². The molecule has 0 bridgehead atoms. The molecule has 0 aromatic heterocycles. The molecule has 17 heavy (non-hydrogen) atoms. The van der Waals surface area contributed by atoms with Crippen LogP contribution in [-0.2, 0) is 4.79 Å². The molecule has 0 heterocycles. The van der Waals surface area contributed by atoms with Gasteiger partial charge in [-0.25, -0.2) is 0 Å². The van der Waals surface area contributed by atoms with E-state index in [0.29, 0.717) is 11.3 Å². The number of carbonyl (C=O) groups is 2. The van der Waals surface area contributed by atoms with E-state index in [4.69, 9.17) is 5.73 Å². The zero-order valence-electron chi connectivity index (χ0n) is 10.3. The van der Waals surface area contributed by atoms with Crippen molar-refractivity contribution in [3.05, 3.63) is 29.3 Å². The first kappa shape index (κ1) is 13.0. The van der Waals surface area contributed by atoms with Crippen molar-refractivity contribution in [1.29, 1.82) is 0 Å². The fourth-order valence-corrected chi connectivity index (χ4v) is 1.50. The first-order valence-corrected chi connectivity index (χ1v) is 5.28. The Balaban J connectivity index is 2.85. The van der Waals surface area contributed by atoms with Gasteiger partial charge in [0.05, 0.1) is 6.54 Å². The third-order valence-electron chi connectivity index (χ3n) is 2.49. The third-order valence-corrected chi connectivity index (χ3v) is 2.49. The number of rotatable bonds is 3. The predicted molar refractivity (Wildman–Crippen MR) is 66.6 cm³/mol. The highest BCUT2D eigenvalue weighted by molar-refractivity contribution is 5.97. The van der Waals surface area contributed by atoms with Crippen LogP contribution in [0.2, 0.25) is 0 Å². The van der Waals surface area contributed by atoms with Crippen LogP contribution in [0.3, 0.4) is 0 Å². The molecule has 0 spiro atoms. The fourth-order valence-electron chi connectivity index (χ4n) is 1.50. The molecule has 1 rings (SSSR count). The molecule has 0 unspecified atom stereocenters. The molecule has 0 aliphatic heterocycles. The number of aryl methyl sites for hydroxylation is 1. The lowest BCUT2D eigenvalue weighted by atomic mass is 10.1. The minimum atomic E-state index is -0.200. The second kappa shape index (κ2) is 5.34. The lowest BCUT2D eigenvalue weighted by molar-refractivity contribution is -0.121. The Hall–Kier alpha value is -2.04. The van der Waals surface area contributed by atoms with Crippen molar-refractivity contribution in [1.82, 2.24) is 10.2 Å². The summed E-state index contributed by atoms with van der Waals surface area (Å²) in [6, 6.07) is 5.09. The molecule has 2 amide bonds. The monoisotopic (exact) mass is 235 g/mol. The quantitative estimate of drug-likeness (QED) is 0.744. The summed E-state index contributed by atoms with van der Waals surface area (Å²) in [4.78, 5) is 24.6. The SMILES string of the molecule is CNC(=O)CN(C)C(=O)c1ccc(N)cc1C. The second-order valence-corrected chi connectivity index (χ2v) is 3.91. The van der Waals surface area contributed by atoms with Gasteiger partial charge in [-0.3, -0.25) is 9.59 Å². The van der Waals surface area contributed by atoms with Crippen LogP contribution in [0.4, 0.5) is 5.69 Å². The van der Waals surface area contributed by atoms with Gasteiger partial charge in [0.25, 0.3) is 5.91 Å². The highest BCUT2D eigenvalue weighted by Crippen LogP contribution is 2.14. The zero-order chi connectivity index (χ0) is 13.0. The van der Waals surface area contributed by atoms with Gasteiger partial charge in [0, 0.05) is 25.3 Å². The van der Waals surface area contributed by atoms with Gasteiger partial charge in [-0.2, -0.15) is 0 Å². The Morgan fingerprint density at radius 2 is 2.06 bits per heavy atom. The molecule has 5 heteroatoms. The van der Waals surface area contributed by atoms with Gasteiger partial charge in [-0.05, 0) is 30.7 Å². The Morgan fingerprint density at radius 1 is 1.41 bits per heavy atom. The summed E-state index contributed by atoms with van der Waals surface area (Å²) in [6.45, 7) is 1.86. The summed E-state index contributed by atoms with van der Waals surface area (Å²) >= 11 is 0. The van der Waals surface area contributed by atoms with Crippen LogP contribution in [-0.4, -0.2) is 37.4 Å². The molecule has 0 fully saturated rings. The summed E-state index contributed by atoms with van der Waals surface area (Å²) in [5.74, 6) is -0.389. The topological polar surface area (TPSA) is 75.4 Å². The van der Waals surface area contributed by atoms with Crippen molar-refractivity contribution >= 4 is 17.5 Å². The lowest BCUT2D eigenvalue weighted by Crippen LogP contribution is -2.37. The van der Waals surface area contributed by atoms with Gasteiger partial charge in [0.15, 0.2) is 0 Å². The molecule has 3 N–H and O–H groups in total. The largest absolute Gasteiger partial charge is 0.399 e. The maximum Gasteiger partial charge on any atom is 0.254 e. The Morgan fingerprint density at radius 3 is 2.59 bits per heavy atom. The summed E-state index contributed by atoms with van der Waals surface area (Å²) in [7, 11) is 3.13. The van der Waals surface area contributed by atoms with E-state index >= 15 is 0 Å². The van der Waals surface area contributed by atoms with Crippen molar-refractivity contribution in [2.24, 2.45) is 0 Å². The molecule has 0 aliphatic rings. The number of nitrogen functional groups attached to an aromatic ring is 1. The number of anilines is 1. The smallest absolute Gasteiger partial charge is 0.254 e. The Bertz CT molecular complexity index is 443. The van der Waals surface area contributed by atoms with Gasteiger partial charge in [-0.15, -0.1) is 0 Å². The van der Waals surface area contributed by atoms with Crippen molar-refractivity contribution in [2.75, 3.05) is 26.4 Å². The van der Waals surface area contributed by atoms with E-state index in [1.54, 1.807) is 25.2 Å². The molecule has 1 aromatic carbocycles. The number of nitrogens with zero attached hydrogens (tertiary/aromatic N) is 1. The summed E-state index contributed by atoms with van der Waals surface area (Å²) in [5, 5.41) is 2.47. The van der Waals surface area contributed by atoms with Gasteiger partial charge in [-0.1, -0.05) is 0 Å². The average molecular weight is 235 g/mol. The number of hydrogen-bond acceptors (Lipinski definition) is 3. The normalized spacial score (nSPS) is 9.82. The number of nitrogens with two attached hydrogens (primary N) is 1. The van der Waals surface area contributed by atoms with Gasteiger partial charge in [0.1, 0.15) is 0 Å². The maximum absolute atomic E-state index is 12.0. The van der Waals surface area contributed by atoms with E-state index in [-0.39, 0.29) is 18.4 Å². The van der Waals surface area contributed by atoms with Crippen LogP contribution in [0.1, 0.15) is 15.9 Å². The molecule has 92 valence electrons. The van der Waals surface area contributed by atoms with E-state index in [1.165, 1.54) is 11.9 Å². The Kier molecular flexibility index (Phi) is 4.09. The summed E-state index contributed by atoms with van der Waals surface area (Å²) < 4.78 is 0. The van der Waals surface area contributed by atoms with Crippen LogP contribution in [0.15, 0.2) is 18.2 Å². The van der Waals surface area contributed by atoms with Gasteiger partial charge < -0.3 is 16.0 Å². The molecule has 0 saturated heterocycles. The van der Waals surface area contributed by atoms with Crippen molar-refractivity contribution in [2.45, 2.75) is 6.92 Å². The van der Waals surface area contributed by atoms with E-state index in [9.17, 15) is 9.59 Å². The molecule has 1 aromatic rings. The minimum Gasteiger partial charge on any atom is -0.399 e. The van der Waals surface area contributed by atoms with E-state index in [0.717, 1.165) is 5.56 Å². The standard InChI is InChI=1S/C12H17N3O2/c1-8-6-9(13)4-5-10(8)12(17)15(3)7-11(16)14-2/h4-6H,7,13H2,1-3H3,(H,14,16). The van der Waals surface area contributed by atoms with Crippen molar-refractivity contribution in [3.63, 3.8) is 0 Å². The van der Waals surface area contributed by atoms with Crippen LogP contribution >= 0.6 is 0 Å². The average Bonchev–Trinajstić information content (AvgIpc) is 2.28.